The number of halogens is 1. The molecule has 1 N–H and O–H groups in total. The van der Waals surface area contributed by atoms with Crippen LogP contribution in [0.5, 0.6) is 0 Å². The van der Waals surface area contributed by atoms with Gasteiger partial charge in [-0.2, -0.15) is 0 Å². The van der Waals surface area contributed by atoms with Gasteiger partial charge in [-0.3, -0.25) is 9.59 Å². The fraction of sp³-hybridized carbons (Fsp3) is 0.818. The largest absolute Gasteiger partial charge is 0.338 e. The van der Waals surface area contributed by atoms with Gasteiger partial charge < -0.3 is 15.1 Å². The number of nitrogens with one attached hydrogen (secondary N) is 1. The van der Waals surface area contributed by atoms with Gasteiger partial charge in [0.05, 0.1) is 6.54 Å². The molecule has 0 aliphatic carbocycles. The molecule has 17 heavy (non-hydrogen) atoms. The SMILES string of the molecule is C[C@H]1CN(C(=O)CN2CCCC2=O)CCN1.Cl. The summed E-state index contributed by atoms with van der Waals surface area (Å²) in [4.78, 5) is 26.9. The Bertz CT molecular complexity index is 298. The van der Waals surface area contributed by atoms with E-state index in [2.05, 4.69) is 12.2 Å². The van der Waals surface area contributed by atoms with Gasteiger partial charge in [0.1, 0.15) is 0 Å². The molecule has 0 aromatic heterocycles. The monoisotopic (exact) mass is 261 g/mol. The van der Waals surface area contributed by atoms with Crippen LogP contribution >= 0.6 is 12.4 Å². The van der Waals surface area contributed by atoms with E-state index in [-0.39, 0.29) is 30.8 Å². The van der Waals surface area contributed by atoms with E-state index in [9.17, 15) is 9.59 Å². The minimum Gasteiger partial charge on any atom is -0.338 e. The maximum Gasteiger partial charge on any atom is 0.242 e. The average molecular weight is 262 g/mol. The third-order valence-electron chi connectivity index (χ3n) is 3.22. The Morgan fingerprint density at radius 2 is 2.24 bits per heavy atom. The van der Waals surface area contributed by atoms with Crippen LogP contribution in [-0.2, 0) is 9.59 Å². The first-order valence-electron chi connectivity index (χ1n) is 5.96. The maximum atomic E-state index is 11.9. The van der Waals surface area contributed by atoms with Crippen molar-refractivity contribution in [2.24, 2.45) is 0 Å². The zero-order valence-corrected chi connectivity index (χ0v) is 11.0. The summed E-state index contributed by atoms with van der Waals surface area (Å²) in [6, 6.07) is 0.354. The summed E-state index contributed by atoms with van der Waals surface area (Å²) in [6.45, 7) is 5.44. The van der Waals surface area contributed by atoms with Crippen molar-refractivity contribution in [1.82, 2.24) is 15.1 Å². The molecule has 2 saturated heterocycles. The van der Waals surface area contributed by atoms with E-state index in [1.807, 2.05) is 4.90 Å². The molecular formula is C11H20ClN3O2. The maximum absolute atomic E-state index is 11.9. The highest BCUT2D eigenvalue weighted by Gasteiger charge is 2.26. The lowest BCUT2D eigenvalue weighted by Gasteiger charge is -2.33. The molecule has 0 radical (unpaired) electrons. The first-order valence-corrected chi connectivity index (χ1v) is 5.96. The van der Waals surface area contributed by atoms with Crippen molar-refractivity contribution in [1.29, 1.82) is 0 Å². The van der Waals surface area contributed by atoms with E-state index in [1.54, 1.807) is 4.90 Å². The smallest absolute Gasteiger partial charge is 0.242 e. The van der Waals surface area contributed by atoms with Crippen LogP contribution in [0.25, 0.3) is 0 Å². The molecule has 0 bridgehead atoms. The van der Waals surface area contributed by atoms with Crippen LogP contribution in [0, 0.1) is 0 Å². The number of likely N-dealkylation sites (tertiary alicyclic amines) is 1. The van der Waals surface area contributed by atoms with Crippen LogP contribution in [-0.4, -0.2) is 60.4 Å². The predicted molar refractivity (Wildman–Crippen MR) is 67.1 cm³/mol. The Morgan fingerprint density at radius 1 is 1.47 bits per heavy atom. The van der Waals surface area contributed by atoms with Crippen LogP contribution < -0.4 is 5.32 Å². The van der Waals surface area contributed by atoms with Gasteiger partial charge >= 0.3 is 0 Å². The Morgan fingerprint density at radius 3 is 2.82 bits per heavy atom. The number of hydrogen-bond donors (Lipinski definition) is 1. The quantitative estimate of drug-likeness (QED) is 0.752. The van der Waals surface area contributed by atoms with E-state index >= 15 is 0 Å². The van der Waals surface area contributed by atoms with Crippen LogP contribution in [0.15, 0.2) is 0 Å². The number of piperazine rings is 1. The second-order valence-corrected chi connectivity index (χ2v) is 4.61. The molecule has 2 rings (SSSR count). The molecule has 0 aromatic carbocycles. The molecule has 0 saturated carbocycles. The molecule has 0 aromatic rings. The van der Waals surface area contributed by atoms with Crippen molar-refractivity contribution in [3.8, 4) is 0 Å². The molecule has 2 fully saturated rings. The number of carbonyl (C=O) groups excluding carboxylic acids is 2. The van der Waals surface area contributed by atoms with Gasteiger partial charge in [0, 0.05) is 38.6 Å². The van der Waals surface area contributed by atoms with Gasteiger partial charge in [-0.1, -0.05) is 0 Å². The predicted octanol–water partition coefficient (Wildman–Crippen LogP) is -0.149. The average Bonchev–Trinajstić information content (AvgIpc) is 2.64. The summed E-state index contributed by atoms with van der Waals surface area (Å²) in [5, 5.41) is 3.29. The number of hydrogen-bond acceptors (Lipinski definition) is 3. The van der Waals surface area contributed by atoms with E-state index in [0.29, 0.717) is 12.5 Å². The second-order valence-electron chi connectivity index (χ2n) is 4.61. The van der Waals surface area contributed by atoms with Gasteiger partial charge in [-0.25, -0.2) is 0 Å². The molecule has 2 heterocycles. The Balaban J connectivity index is 0.00000144. The summed E-state index contributed by atoms with van der Waals surface area (Å²) in [7, 11) is 0. The Kier molecular flexibility index (Phi) is 5.21. The first-order chi connectivity index (χ1) is 7.66. The van der Waals surface area contributed by atoms with Crippen molar-refractivity contribution < 1.29 is 9.59 Å². The number of nitrogens with zero attached hydrogens (tertiary/aromatic N) is 2. The highest BCUT2D eigenvalue weighted by Crippen LogP contribution is 2.10. The fourth-order valence-corrected chi connectivity index (χ4v) is 2.29. The van der Waals surface area contributed by atoms with Crippen molar-refractivity contribution in [2.75, 3.05) is 32.7 Å². The van der Waals surface area contributed by atoms with Crippen molar-refractivity contribution >= 4 is 24.2 Å². The summed E-state index contributed by atoms with van der Waals surface area (Å²) < 4.78 is 0. The molecule has 0 spiro atoms. The van der Waals surface area contributed by atoms with Crippen molar-refractivity contribution in [2.45, 2.75) is 25.8 Å². The van der Waals surface area contributed by atoms with Crippen LogP contribution in [0.1, 0.15) is 19.8 Å². The van der Waals surface area contributed by atoms with Gasteiger partial charge in [0.15, 0.2) is 0 Å². The third-order valence-corrected chi connectivity index (χ3v) is 3.22. The lowest BCUT2D eigenvalue weighted by molar-refractivity contribution is -0.139. The van der Waals surface area contributed by atoms with E-state index < -0.39 is 0 Å². The first kappa shape index (κ1) is 14.3. The number of amides is 2. The van der Waals surface area contributed by atoms with E-state index in [4.69, 9.17) is 0 Å². The second kappa shape index (κ2) is 6.21. The minimum atomic E-state index is 0. The van der Waals surface area contributed by atoms with Gasteiger partial charge in [0.2, 0.25) is 11.8 Å². The normalized spacial score (nSPS) is 24.8. The van der Waals surface area contributed by atoms with E-state index in [1.165, 1.54) is 0 Å². The lowest BCUT2D eigenvalue weighted by Crippen LogP contribution is -2.53. The molecule has 98 valence electrons. The highest BCUT2D eigenvalue weighted by molar-refractivity contribution is 5.86. The zero-order valence-electron chi connectivity index (χ0n) is 10.1. The van der Waals surface area contributed by atoms with Gasteiger partial charge in [-0.05, 0) is 13.3 Å². The Hall–Kier alpha value is -0.810. The van der Waals surface area contributed by atoms with Crippen molar-refractivity contribution in [3.05, 3.63) is 0 Å². The number of rotatable bonds is 2. The molecule has 2 aliphatic heterocycles. The molecule has 6 heteroatoms. The molecule has 1 atom stereocenters. The zero-order chi connectivity index (χ0) is 11.5. The molecule has 0 unspecified atom stereocenters. The Labute approximate surface area is 108 Å². The number of carbonyl (C=O) groups is 2. The molecule has 2 amide bonds. The summed E-state index contributed by atoms with van der Waals surface area (Å²) >= 11 is 0. The van der Waals surface area contributed by atoms with Gasteiger partial charge in [0.25, 0.3) is 0 Å². The summed E-state index contributed by atoms with van der Waals surface area (Å²) in [5.41, 5.74) is 0. The van der Waals surface area contributed by atoms with Crippen LogP contribution in [0.3, 0.4) is 0 Å². The molecule has 5 nitrogen and oxygen atoms in total. The highest BCUT2D eigenvalue weighted by atomic mass is 35.5. The third kappa shape index (κ3) is 3.57. The van der Waals surface area contributed by atoms with Gasteiger partial charge in [-0.15, -0.1) is 12.4 Å². The van der Waals surface area contributed by atoms with Crippen LogP contribution in [0.4, 0.5) is 0 Å². The minimum absolute atomic E-state index is 0. The summed E-state index contributed by atoms with van der Waals surface area (Å²) in [5.74, 6) is 0.208. The molecular weight excluding hydrogens is 242 g/mol. The van der Waals surface area contributed by atoms with Crippen molar-refractivity contribution in [3.63, 3.8) is 0 Å². The van der Waals surface area contributed by atoms with Crippen LogP contribution in [0.2, 0.25) is 0 Å². The van der Waals surface area contributed by atoms with E-state index in [0.717, 1.165) is 32.6 Å². The lowest BCUT2D eigenvalue weighted by atomic mass is 10.2. The molecule has 2 aliphatic rings. The topological polar surface area (TPSA) is 52.7 Å². The fourth-order valence-electron chi connectivity index (χ4n) is 2.29. The summed E-state index contributed by atoms with van der Waals surface area (Å²) in [6.07, 6.45) is 1.50. The standard InChI is InChI=1S/C11H19N3O2.ClH/c1-9-7-14(6-4-12-9)11(16)8-13-5-2-3-10(13)15;/h9,12H,2-8H2,1H3;1H/t9-;/m0./s1.